The second-order valence-corrected chi connectivity index (χ2v) is 4.75. The lowest BCUT2D eigenvalue weighted by Crippen LogP contribution is -2.25. The summed E-state index contributed by atoms with van der Waals surface area (Å²) in [4.78, 5) is 14.1. The Morgan fingerprint density at radius 2 is 1.89 bits per heavy atom. The first kappa shape index (κ1) is 12.7. The molecule has 1 aromatic carbocycles. The summed E-state index contributed by atoms with van der Waals surface area (Å²) < 4.78 is 0. The van der Waals surface area contributed by atoms with Gasteiger partial charge in [0.2, 0.25) is 0 Å². The van der Waals surface area contributed by atoms with Crippen LogP contribution in [-0.2, 0) is 0 Å². The maximum Gasteiger partial charge on any atom is 0.253 e. The van der Waals surface area contributed by atoms with Crippen LogP contribution in [0.15, 0.2) is 18.2 Å². The van der Waals surface area contributed by atoms with E-state index in [4.69, 9.17) is 5.73 Å². The van der Waals surface area contributed by atoms with Crippen molar-refractivity contribution in [3.8, 4) is 0 Å². The normalized spacial score (nSPS) is 16.2. The molecule has 0 unspecified atom stereocenters. The number of hydrogen-bond donors (Lipinski definition) is 2. The van der Waals surface area contributed by atoms with Crippen LogP contribution in [0, 0.1) is 0 Å². The van der Waals surface area contributed by atoms with Crippen LogP contribution in [0.25, 0.3) is 0 Å². The van der Waals surface area contributed by atoms with E-state index in [0.717, 1.165) is 18.8 Å². The van der Waals surface area contributed by atoms with Crippen LogP contribution in [0.4, 0.5) is 11.4 Å². The molecule has 1 saturated heterocycles. The number of nitrogens with zero attached hydrogens (tertiary/aromatic N) is 1. The molecule has 0 bridgehead atoms. The van der Waals surface area contributed by atoms with Gasteiger partial charge in [-0.15, -0.1) is 0 Å². The fourth-order valence-corrected chi connectivity index (χ4v) is 2.40. The summed E-state index contributed by atoms with van der Waals surface area (Å²) in [6.45, 7) is 2.13. The predicted molar refractivity (Wildman–Crippen MR) is 74.9 cm³/mol. The van der Waals surface area contributed by atoms with Gasteiger partial charge in [-0.05, 0) is 31.0 Å². The van der Waals surface area contributed by atoms with Crippen molar-refractivity contribution in [3.05, 3.63) is 23.8 Å². The van der Waals surface area contributed by atoms with Crippen LogP contribution in [0.5, 0.6) is 0 Å². The maximum absolute atomic E-state index is 11.7. The highest BCUT2D eigenvalue weighted by atomic mass is 16.1. The lowest BCUT2D eigenvalue weighted by molar-refractivity contribution is 0.0964. The van der Waals surface area contributed by atoms with E-state index in [1.807, 2.05) is 18.2 Å². The predicted octanol–water partition coefficient (Wildman–Crippen LogP) is 2.01. The fourth-order valence-electron chi connectivity index (χ4n) is 2.40. The van der Waals surface area contributed by atoms with Crippen molar-refractivity contribution in [1.82, 2.24) is 5.32 Å². The standard InChI is InChI=1S/C14H21N3O/c1-16-14(18)12-10-11(6-7-13(12)15)17-8-4-2-3-5-9-17/h6-7,10H,2-5,8-9,15H2,1H3,(H,16,18). The minimum absolute atomic E-state index is 0.121. The number of nitrogens with two attached hydrogens (primary N) is 1. The molecule has 4 nitrogen and oxygen atoms in total. The molecule has 0 saturated carbocycles. The van der Waals surface area contributed by atoms with E-state index in [1.165, 1.54) is 25.7 Å². The number of carbonyl (C=O) groups excluding carboxylic acids is 1. The number of hydrogen-bond acceptors (Lipinski definition) is 3. The van der Waals surface area contributed by atoms with Crippen molar-refractivity contribution in [3.63, 3.8) is 0 Å². The minimum atomic E-state index is -0.121. The zero-order valence-electron chi connectivity index (χ0n) is 10.9. The third-order valence-corrected chi connectivity index (χ3v) is 3.48. The monoisotopic (exact) mass is 247 g/mol. The third-order valence-electron chi connectivity index (χ3n) is 3.48. The van der Waals surface area contributed by atoms with Crippen LogP contribution < -0.4 is 16.0 Å². The molecule has 1 aromatic rings. The summed E-state index contributed by atoms with van der Waals surface area (Å²) in [5.41, 5.74) is 8.05. The van der Waals surface area contributed by atoms with Crippen LogP contribution in [0.2, 0.25) is 0 Å². The smallest absolute Gasteiger partial charge is 0.253 e. The molecule has 1 fully saturated rings. The van der Waals surface area contributed by atoms with Gasteiger partial charge in [0, 0.05) is 31.5 Å². The van der Waals surface area contributed by atoms with Crippen LogP contribution in [0.1, 0.15) is 36.0 Å². The van der Waals surface area contributed by atoms with Crippen LogP contribution >= 0.6 is 0 Å². The molecule has 2 rings (SSSR count). The Balaban J connectivity index is 2.25. The van der Waals surface area contributed by atoms with E-state index in [2.05, 4.69) is 10.2 Å². The Morgan fingerprint density at radius 1 is 1.22 bits per heavy atom. The van der Waals surface area contributed by atoms with Gasteiger partial charge in [0.1, 0.15) is 0 Å². The molecule has 1 heterocycles. The van der Waals surface area contributed by atoms with Gasteiger partial charge in [0.15, 0.2) is 0 Å². The zero-order valence-corrected chi connectivity index (χ0v) is 10.9. The van der Waals surface area contributed by atoms with E-state index < -0.39 is 0 Å². The summed E-state index contributed by atoms with van der Waals surface area (Å²) in [6.07, 6.45) is 5.04. The van der Waals surface area contributed by atoms with E-state index in [0.29, 0.717) is 11.3 Å². The topological polar surface area (TPSA) is 58.4 Å². The quantitative estimate of drug-likeness (QED) is 0.786. The van der Waals surface area contributed by atoms with E-state index in [-0.39, 0.29) is 5.91 Å². The summed E-state index contributed by atoms with van der Waals surface area (Å²) >= 11 is 0. The fraction of sp³-hybridized carbons (Fsp3) is 0.500. The summed E-state index contributed by atoms with van der Waals surface area (Å²) in [5, 5.41) is 2.63. The van der Waals surface area contributed by atoms with Crippen molar-refractivity contribution >= 4 is 17.3 Å². The lowest BCUT2D eigenvalue weighted by Gasteiger charge is -2.23. The van der Waals surface area contributed by atoms with Gasteiger partial charge in [-0.25, -0.2) is 0 Å². The van der Waals surface area contributed by atoms with Gasteiger partial charge in [-0.2, -0.15) is 0 Å². The maximum atomic E-state index is 11.7. The Morgan fingerprint density at radius 3 is 2.50 bits per heavy atom. The van der Waals surface area contributed by atoms with Gasteiger partial charge in [0.05, 0.1) is 5.56 Å². The number of benzene rings is 1. The zero-order chi connectivity index (χ0) is 13.0. The molecule has 0 atom stereocenters. The highest BCUT2D eigenvalue weighted by Crippen LogP contribution is 2.23. The van der Waals surface area contributed by atoms with Crippen molar-refractivity contribution in [1.29, 1.82) is 0 Å². The summed E-state index contributed by atoms with van der Waals surface area (Å²) in [5.74, 6) is -0.121. The third kappa shape index (κ3) is 2.75. The molecule has 0 aliphatic carbocycles. The Kier molecular flexibility index (Phi) is 4.07. The van der Waals surface area contributed by atoms with Crippen LogP contribution in [-0.4, -0.2) is 26.0 Å². The molecular formula is C14H21N3O. The molecule has 0 radical (unpaired) electrons. The first-order chi connectivity index (χ1) is 8.72. The molecule has 98 valence electrons. The molecular weight excluding hydrogens is 226 g/mol. The van der Waals surface area contributed by atoms with Crippen molar-refractivity contribution in [2.75, 3.05) is 30.8 Å². The Labute approximate surface area is 108 Å². The number of carbonyl (C=O) groups is 1. The van der Waals surface area contributed by atoms with Crippen molar-refractivity contribution < 1.29 is 4.79 Å². The summed E-state index contributed by atoms with van der Waals surface area (Å²) in [6, 6.07) is 5.73. The number of nitrogen functional groups attached to an aromatic ring is 1. The highest BCUT2D eigenvalue weighted by Gasteiger charge is 2.14. The second kappa shape index (κ2) is 5.76. The largest absolute Gasteiger partial charge is 0.398 e. The molecule has 1 amide bonds. The van der Waals surface area contributed by atoms with Gasteiger partial charge in [-0.3, -0.25) is 4.79 Å². The first-order valence-electron chi connectivity index (χ1n) is 6.59. The van der Waals surface area contributed by atoms with E-state index in [1.54, 1.807) is 7.05 Å². The summed E-state index contributed by atoms with van der Waals surface area (Å²) in [7, 11) is 1.63. The van der Waals surface area contributed by atoms with Gasteiger partial charge in [-0.1, -0.05) is 12.8 Å². The molecule has 1 aliphatic heterocycles. The number of anilines is 2. The average Bonchev–Trinajstić information content (AvgIpc) is 2.67. The Bertz CT molecular complexity index is 423. The molecule has 4 heteroatoms. The number of nitrogens with one attached hydrogen (secondary N) is 1. The lowest BCUT2D eigenvalue weighted by atomic mass is 10.1. The number of rotatable bonds is 2. The molecule has 0 spiro atoms. The Hall–Kier alpha value is -1.71. The van der Waals surface area contributed by atoms with Crippen molar-refractivity contribution in [2.45, 2.75) is 25.7 Å². The molecule has 18 heavy (non-hydrogen) atoms. The minimum Gasteiger partial charge on any atom is -0.398 e. The average molecular weight is 247 g/mol. The molecule has 3 N–H and O–H groups in total. The van der Waals surface area contributed by atoms with E-state index in [9.17, 15) is 4.79 Å². The van der Waals surface area contributed by atoms with Gasteiger partial charge < -0.3 is 16.0 Å². The first-order valence-corrected chi connectivity index (χ1v) is 6.59. The molecule has 1 aliphatic rings. The van der Waals surface area contributed by atoms with Crippen LogP contribution in [0.3, 0.4) is 0 Å². The highest BCUT2D eigenvalue weighted by molar-refractivity contribution is 5.99. The van der Waals surface area contributed by atoms with Crippen molar-refractivity contribution in [2.24, 2.45) is 0 Å². The van der Waals surface area contributed by atoms with Gasteiger partial charge in [0.25, 0.3) is 5.91 Å². The SMILES string of the molecule is CNC(=O)c1cc(N2CCCCCC2)ccc1N. The van der Waals surface area contributed by atoms with Gasteiger partial charge >= 0.3 is 0 Å². The second-order valence-electron chi connectivity index (χ2n) is 4.75. The number of amides is 1. The van der Waals surface area contributed by atoms with E-state index >= 15 is 0 Å². The molecule has 0 aromatic heterocycles.